The minimum absolute atomic E-state index is 0.0810. The normalized spacial score (nSPS) is 11.0. The van der Waals surface area contributed by atoms with Crippen LogP contribution in [0.2, 0.25) is 0 Å². The molecule has 0 atom stereocenters. The molecular formula is C75H54BrN9O5. The first kappa shape index (κ1) is 57.3. The highest BCUT2D eigenvalue weighted by Crippen LogP contribution is 2.39. The summed E-state index contributed by atoms with van der Waals surface area (Å²) in [7, 11) is 1.00. The van der Waals surface area contributed by atoms with E-state index in [9.17, 15) is 9.90 Å². The average molecular weight is 1240 g/mol. The van der Waals surface area contributed by atoms with E-state index in [-0.39, 0.29) is 11.4 Å². The van der Waals surface area contributed by atoms with E-state index in [1.165, 1.54) is 44.8 Å². The van der Waals surface area contributed by atoms with Crippen LogP contribution in [0.4, 0.5) is 0 Å². The number of hydrogen-bond donors (Lipinski definition) is 3. The van der Waals surface area contributed by atoms with E-state index in [1.807, 2.05) is 122 Å². The largest absolute Gasteiger partial charge is 0.508 e. The zero-order chi connectivity index (χ0) is 61.5. The number of phenolic OH excluding ortho intramolecular Hbond substituents is 1. The van der Waals surface area contributed by atoms with Crippen LogP contribution in [0.1, 0.15) is 10.5 Å². The topological polar surface area (TPSA) is 171 Å². The van der Waals surface area contributed by atoms with Gasteiger partial charge in [-0.25, -0.2) is 29.7 Å². The van der Waals surface area contributed by atoms with Gasteiger partial charge in [0.05, 0.1) is 44.1 Å². The van der Waals surface area contributed by atoms with Crippen LogP contribution in [-0.2, 0) is 0 Å². The number of carboxylic acids is 1. The summed E-state index contributed by atoms with van der Waals surface area (Å²) in [4.78, 5) is 31.9. The summed E-state index contributed by atoms with van der Waals surface area (Å²) in [5, 5.41) is 34.6. The number of aliphatic hydroxyl groups is 1. The smallest absolute Gasteiger partial charge is 0.354 e. The van der Waals surface area contributed by atoms with Gasteiger partial charge in [0, 0.05) is 104 Å². The van der Waals surface area contributed by atoms with Crippen LogP contribution in [0.25, 0.3) is 110 Å². The lowest BCUT2D eigenvalue weighted by Crippen LogP contribution is -1.97. The first-order chi connectivity index (χ1) is 44.3. The molecule has 0 fully saturated rings. The number of nitrogens with zero attached hydrogens (tertiary/aromatic N) is 9. The summed E-state index contributed by atoms with van der Waals surface area (Å²) >= 11 is 3.56. The second kappa shape index (κ2) is 25.7. The average Bonchev–Trinajstić information content (AvgIpc) is 1.66. The Morgan fingerprint density at radius 2 is 0.633 bits per heavy atom. The van der Waals surface area contributed by atoms with Crippen molar-refractivity contribution in [1.29, 1.82) is 0 Å². The fourth-order valence-corrected chi connectivity index (χ4v) is 11.8. The zero-order valence-electron chi connectivity index (χ0n) is 48.3. The molecule has 0 saturated heterocycles. The molecule has 0 radical (unpaired) electrons. The predicted molar refractivity (Wildman–Crippen MR) is 363 cm³/mol. The second-order valence-corrected chi connectivity index (χ2v) is 21.4. The maximum atomic E-state index is 10.1. The number of aromatic carboxylic acids is 1. The summed E-state index contributed by atoms with van der Waals surface area (Å²) in [6, 6.07) is 86.4. The van der Waals surface area contributed by atoms with Gasteiger partial charge in [-0.3, -0.25) is 18.3 Å². The Kier molecular flexibility index (Phi) is 16.3. The zero-order valence-corrected chi connectivity index (χ0v) is 49.9. The number of ether oxygens (including phenoxy) is 1. The highest BCUT2D eigenvalue weighted by Gasteiger charge is 2.18. The summed E-state index contributed by atoms with van der Waals surface area (Å²) in [5.74, 6) is 4.35. The van der Waals surface area contributed by atoms with Crippen molar-refractivity contribution in [1.82, 2.24) is 43.2 Å². The van der Waals surface area contributed by atoms with Gasteiger partial charge in [-0.2, -0.15) is 0 Å². The van der Waals surface area contributed by atoms with Crippen LogP contribution in [0.15, 0.2) is 296 Å². The minimum atomic E-state index is -0.990. The van der Waals surface area contributed by atoms with Crippen LogP contribution < -0.4 is 4.74 Å². The van der Waals surface area contributed by atoms with Crippen LogP contribution >= 0.6 is 15.9 Å². The van der Waals surface area contributed by atoms with Crippen LogP contribution in [0, 0.1) is 0 Å². The Balaban J connectivity index is 0.000000123. The molecule has 17 rings (SSSR count). The molecule has 9 aromatic heterocycles. The van der Waals surface area contributed by atoms with Crippen molar-refractivity contribution in [3.05, 3.63) is 302 Å². The number of benzene rings is 8. The molecule has 0 unspecified atom stereocenters. The quantitative estimate of drug-likeness (QED) is 0.139. The van der Waals surface area contributed by atoms with Gasteiger partial charge in [-0.1, -0.05) is 125 Å². The minimum Gasteiger partial charge on any atom is -0.508 e. The van der Waals surface area contributed by atoms with E-state index in [0.717, 1.165) is 101 Å². The molecule has 0 amide bonds. The molecule has 3 N–H and O–H groups in total. The van der Waals surface area contributed by atoms with Crippen molar-refractivity contribution in [2.45, 2.75) is 0 Å². The fourth-order valence-electron chi connectivity index (χ4n) is 11.5. The van der Waals surface area contributed by atoms with Gasteiger partial charge in [-0.05, 0) is 133 Å². The van der Waals surface area contributed by atoms with Crippen molar-refractivity contribution in [3.63, 3.8) is 0 Å². The number of fused-ring (bicyclic) bond motifs is 12. The highest BCUT2D eigenvalue weighted by atomic mass is 79.9. The second-order valence-electron chi connectivity index (χ2n) is 20.5. The Morgan fingerprint density at radius 1 is 0.333 bits per heavy atom. The van der Waals surface area contributed by atoms with E-state index in [0.29, 0.717) is 0 Å². The Labute approximate surface area is 523 Å². The molecule has 0 aliphatic rings. The van der Waals surface area contributed by atoms with Gasteiger partial charge in [0.15, 0.2) is 0 Å². The molecule has 15 heteroatoms. The maximum Gasteiger partial charge on any atom is 0.354 e. The third-order valence-corrected chi connectivity index (χ3v) is 15.7. The van der Waals surface area contributed by atoms with E-state index < -0.39 is 5.97 Å². The first-order valence-corrected chi connectivity index (χ1v) is 29.5. The highest BCUT2D eigenvalue weighted by molar-refractivity contribution is 9.10. The third kappa shape index (κ3) is 11.2. The van der Waals surface area contributed by atoms with Crippen LogP contribution in [-0.4, -0.2) is 71.6 Å². The number of halogens is 1. The van der Waals surface area contributed by atoms with Gasteiger partial charge in [-0.15, -0.1) is 0 Å². The molecule has 8 aromatic carbocycles. The number of hydrogen-bond acceptors (Lipinski definition) is 9. The molecule has 0 spiro atoms. The third-order valence-electron chi connectivity index (χ3n) is 15.2. The van der Waals surface area contributed by atoms with Gasteiger partial charge in [0.1, 0.15) is 46.2 Å². The number of aliphatic hydroxyl groups excluding tert-OH is 1. The van der Waals surface area contributed by atoms with Crippen molar-refractivity contribution in [3.8, 4) is 40.5 Å². The number of carboxylic acid groups (broad SMARTS) is 1. The number of carbonyl (C=O) groups is 1. The predicted octanol–water partition coefficient (Wildman–Crippen LogP) is 17.7. The lowest BCUT2D eigenvalue weighted by Gasteiger charge is -2.10. The lowest BCUT2D eigenvalue weighted by atomic mass is 10.1. The van der Waals surface area contributed by atoms with Crippen LogP contribution in [0.5, 0.6) is 17.2 Å². The van der Waals surface area contributed by atoms with Gasteiger partial charge >= 0.3 is 5.97 Å². The number of para-hydroxylation sites is 4. The number of aromatic hydroxyl groups is 1. The molecule has 0 bridgehead atoms. The van der Waals surface area contributed by atoms with Gasteiger partial charge in [0.2, 0.25) is 0 Å². The van der Waals surface area contributed by atoms with Crippen molar-refractivity contribution in [2.75, 3.05) is 7.11 Å². The van der Waals surface area contributed by atoms with Gasteiger partial charge in [0.25, 0.3) is 0 Å². The lowest BCUT2D eigenvalue weighted by molar-refractivity contribution is 0.0690. The molecule has 436 valence electrons. The number of aromatic nitrogens is 9. The molecule has 0 aliphatic carbocycles. The molecule has 90 heavy (non-hydrogen) atoms. The first-order valence-electron chi connectivity index (χ1n) is 28.7. The van der Waals surface area contributed by atoms with E-state index >= 15 is 0 Å². The SMILES string of the molecule is Brc1ccc2c3ccccc3n(-c3ccccn3)c2c1.CO.O=C(O)c1ccccn1.Oc1ccc2c3ccccc3n(-c3ccccn3)c2c1.c1ccc(-n2c3ccccc3c3ccc(Oc4ccc5c6ccccc6n(-c6ccccn6)c5c4)cc32)nc1. The van der Waals surface area contributed by atoms with Crippen molar-refractivity contribution in [2.24, 2.45) is 0 Å². The summed E-state index contributed by atoms with van der Waals surface area (Å²) < 4.78 is 16.2. The summed E-state index contributed by atoms with van der Waals surface area (Å²) in [6.07, 6.45) is 8.70. The molecule has 9 heterocycles. The number of phenols is 1. The maximum absolute atomic E-state index is 10.1. The number of pyridine rings is 5. The van der Waals surface area contributed by atoms with E-state index in [4.69, 9.17) is 14.9 Å². The summed E-state index contributed by atoms with van der Waals surface area (Å²) in [5.41, 5.74) is 8.81. The van der Waals surface area contributed by atoms with E-state index in [1.54, 1.807) is 30.5 Å². The van der Waals surface area contributed by atoms with Crippen LogP contribution in [0.3, 0.4) is 0 Å². The van der Waals surface area contributed by atoms with Gasteiger partial charge < -0.3 is 20.1 Å². The van der Waals surface area contributed by atoms with Crippen molar-refractivity contribution >= 4 is 109 Å². The Morgan fingerprint density at radius 3 is 0.967 bits per heavy atom. The monoisotopic (exact) mass is 1240 g/mol. The molecule has 14 nitrogen and oxygen atoms in total. The molecular weight excluding hydrogens is 1190 g/mol. The Bertz CT molecular complexity index is 5060. The number of rotatable bonds is 7. The Hall–Kier alpha value is -11.8. The van der Waals surface area contributed by atoms with Crippen molar-refractivity contribution < 1.29 is 24.9 Å². The fraction of sp³-hybridized carbons (Fsp3) is 0.0133. The standard InChI is InChI=1S/C34H22N4O.C17H11BrN2.C17H12N2O.C6H5NO2.CH4O/c1-3-11-29-25(9-1)27-17-15-23(21-31(27)37(29)33-13-5-7-19-35-33)39-24-16-18-28-26-10-2-4-12-30(26)38(32(28)22-24)34-14-6-8-20-36-34;18-12-8-9-14-13-5-1-2-6-15(13)20(16(14)11-12)17-7-3-4-10-19-17;20-12-8-9-14-13-5-1-2-6-15(13)19(16(14)11-12)17-7-3-4-10-18-17;8-6(9)5-3-1-2-4-7-5;1-2/h1-22H;1-11H;1-11,20H;1-4H,(H,8,9);2H,1H3. The molecule has 17 aromatic rings. The summed E-state index contributed by atoms with van der Waals surface area (Å²) in [6.45, 7) is 0. The van der Waals surface area contributed by atoms with E-state index in [2.05, 4.69) is 187 Å². The molecule has 0 saturated carbocycles. The molecule has 0 aliphatic heterocycles.